The molecule has 1 saturated heterocycles. The summed E-state index contributed by atoms with van der Waals surface area (Å²) in [7, 11) is 0. The number of rotatable bonds is 4. The van der Waals surface area contributed by atoms with Crippen LogP contribution in [0.5, 0.6) is 0 Å². The molecule has 5 nitrogen and oxygen atoms in total. The van der Waals surface area contributed by atoms with E-state index < -0.39 is 0 Å². The summed E-state index contributed by atoms with van der Waals surface area (Å²) < 4.78 is 1.72. The molecule has 1 aliphatic rings. The molecule has 2 aromatic heterocycles. The molecule has 1 amide bonds. The Morgan fingerprint density at radius 2 is 2.10 bits per heavy atom. The number of pyridine rings is 1. The summed E-state index contributed by atoms with van der Waals surface area (Å²) >= 11 is 0. The van der Waals surface area contributed by atoms with Gasteiger partial charge in [0, 0.05) is 19.3 Å². The third-order valence-corrected chi connectivity index (χ3v) is 3.76. The van der Waals surface area contributed by atoms with Gasteiger partial charge < -0.3 is 10.2 Å². The van der Waals surface area contributed by atoms with Crippen molar-refractivity contribution in [3.63, 3.8) is 0 Å². The van der Waals surface area contributed by atoms with Crippen molar-refractivity contribution in [2.75, 3.05) is 26.2 Å². The molecule has 0 atom stereocenters. The van der Waals surface area contributed by atoms with Crippen molar-refractivity contribution in [3.05, 3.63) is 36.2 Å². The largest absolute Gasteiger partial charge is 0.349 e. The fraction of sp³-hybridized carbons (Fsp3) is 0.467. The van der Waals surface area contributed by atoms with E-state index in [9.17, 15) is 4.79 Å². The summed E-state index contributed by atoms with van der Waals surface area (Å²) in [4.78, 5) is 14.5. The van der Waals surface area contributed by atoms with E-state index in [0.29, 0.717) is 12.2 Å². The minimum atomic E-state index is -0.0919. The number of aromatic nitrogens is 2. The number of nitrogens with one attached hydrogen (secondary N) is 1. The van der Waals surface area contributed by atoms with Gasteiger partial charge in [0.15, 0.2) is 5.69 Å². The van der Waals surface area contributed by atoms with Crippen molar-refractivity contribution >= 4 is 11.4 Å². The highest BCUT2D eigenvalue weighted by molar-refractivity contribution is 5.93. The first-order valence-corrected chi connectivity index (χ1v) is 7.28. The van der Waals surface area contributed by atoms with Crippen LogP contribution < -0.4 is 5.32 Å². The Balaban J connectivity index is 1.53. The molecule has 1 N–H and O–H groups in total. The fourth-order valence-electron chi connectivity index (χ4n) is 2.65. The second-order valence-electron chi connectivity index (χ2n) is 5.26. The predicted octanol–water partition coefficient (Wildman–Crippen LogP) is 1.55. The van der Waals surface area contributed by atoms with Crippen LogP contribution in [0, 0.1) is 0 Å². The number of likely N-dealkylation sites (tertiary alicyclic amines) is 1. The van der Waals surface area contributed by atoms with Crippen LogP contribution in [0.1, 0.15) is 29.8 Å². The molecular formula is C15H20N4O. The van der Waals surface area contributed by atoms with Crippen molar-refractivity contribution in [2.24, 2.45) is 0 Å². The summed E-state index contributed by atoms with van der Waals surface area (Å²) in [5, 5.41) is 7.22. The number of hydrogen-bond donors (Lipinski definition) is 1. The van der Waals surface area contributed by atoms with Gasteiger partial charge >= 0.3 is 0 Å². The average Bonchev–Trinajstić information content (AvgIpc) is 2.92. The Morgan fingerprint density at radius 1 is 1.25 bits per heavy atom. The van der Waals surface area contributed by atoms with Gasteiger partial charge in [0.2, 0.25) is 0 Å². The molecule has 20 heavy (non-hydrogen) atoms. The Bertz CT molecular complexity index is 553. The lowest BCUT2D eigenvalue weighted by Gasteiger charge is -2.26. The second kappa shape index (κ2) is 6.05. The Hall–Kier alpha value is -1.88. The topological polar surface area (TPSA) is 49.6 Å². The first-order valence-electron chi connectivity index (χ1n) is 7.28. The minimum absolute atomic E-state index is 0.0919. The van der Waals surface area contributed by atoms with E-state index in [0.717, 1.165) is 25.2 Å². The smallest absolute Gasteiger partial charge is 0.271 e. The molecule has 1 aliphatic heterocycles. The highest BCUT2D eigenvalue weighted by Crippen LogP contribution is 2.08. The summed E-state index contributed by atoms with van der Waals surface area (Å²) in [6.45, 7) is 3.93. The molecule has 3 heterocycles. The molecule has 1 fully saturated rings. The van der Waals surface area contributed by atoms with Gasteiger partial charge in [-0.05, 0) is 44.1 Å². The Labute approximate surface area is 118 Å². The molecule has 0 radical (unpaired) electrons. The van der Waals surface area contributed by atoms with Crippen molar-refractivity contribution in [1.82, 2.24) is 19.8 Å². The molecule has 0 spiro atoms. The van der Waals surface area contributed by atoms with Gasteiger partial charge in [0.1, 0.15) is 0 Å². The van der Waals surface area contributed by atoms with Gasteiger partial charge in [-0.3, -0.25) is 4.79 Å². The van der Waals surface area contributed by atoms with Crippen molar-refractivity contribution in [3.8, 4) is 0 Å². The van der Waals surface area contributed by atoms with E-state index in [2.05, 4.69) is 15.3 Å². The third kappa shape index (κ3) is 2.99. The molecule has 2 aromatic rings. The zero-order valence-corrected chi connectivity index (χ0v) is 11.6. The molecule has 5 heteroatoms. The number of nitrogens with zero attached hydrogens (tertiary/aromatic N) is 3. The number of fused-ring (bicyclic) bond motifs is 1. The molecule has 0 saturated carbocycles. The van der Waals surface area contributed by atoms with E-state index in [-0.39, 0.29) is 5.91 Å². The third-order valence-electron chi connectivity index (χ3n) is 3.76. The van der Waals surface area contributed by atoms with Crippen LogP contribution >= 0.6 is 0 Å². The highest BCUT2D eigenvalue weighted by atomic mass is 16.1. The van der Waals surface area contributed by atoms with Gasteiger partial charge in [-0.25, -0.2) is 4.52 Å². The molecule has 0 unspecified atom stereocenters. The summed E-state index contributed by atoms with van der Waals surface area (Å²) in [5.74, 6) is -0.0919. The van der Waals surface area contributed by atoms with Crippen LogP contribution in [-0.2, 0) is 0 Å². The first-order chi connectivity index (χ1) is 9.83. The lowest BCUT2D eigenvalue weighted by molar-refractivity contribution is 0.0941. The van der Waals surface area contributed by atoms with Crippen molar-refractivity contribution in [1.29, 1.82) is 0 Å². The summed E-state index contributed by atoms with van der Waals surface area (Å²) in [6.07, 6.45) is 5.74. The van der Waals surface area contributed by atoms with Gasteiger partial charge in [-0.15, -0.1) is 0 Å². The SMILES string of the molecule is O=C(NCCN1CCCCC1)c1cc2ccccn2n1. The Kier molecular flexibility index (Phi) is 3.97. The molecule has 0 bridgehead atoms. The Morgan fingerprint density at radius 3 is 2.90 bits per heavy atom. The number of piperidine rings is 1. The first kappa shape index (κ1) is 13.1. The number of amides is 1. The maximum atomic E-state index is 12.1. The van der Waals surface area contributed by atoms with Crippen LogP contribution in [0.2, 0.25) is 0 Å². The van der Waals surface area contributed by atoms with Gasteiger partial charge in [-0.2, -0.15) is 5.10 Å². The van der Waals surface area contributed by atoms with Crippen molar-refractivity contribution in [2.45, 2.75) is 19.3 Å². The fourth-order valence-corrected chi connectivity index (χ4v) is 2.65. The van der Waals surface area contributed by atoms with Gasteiger partial charge in [-0.1, -0.05) is 12.5 Å². The average molecular weight is 272 g/mol. The van der Waals surface area contributed by atoms with Gasteiger partial charge in [0.05, 0.1) is 5.52 Å². The zero-order chi connectivity index (χ0) is 13.8. The van der Waals surface area contributed by atoms with E-state index in [1.54, 1.807) is 4.52 Å². The molecule has 3 rings (SSSR count). The predicted molar refractivity (Wildman–Crippen MR) is 77.8 cm³/mol. The number of hydrogen-bond acceptors (Lipinski definition) is 3. The molecular weight excluding hydrogens is 252 g/mol. The van der Waals surface area contributed by atoms with E-state index in [1.165, 1.54) is 19.3 Å². The highest BCUT2D eigenvalue weighted by Gasteiger charge is 2.12. The monoisotopic (exact) mass is 272 g/mol. The van der Waals surface area contributed by atoms with E-state index in [1.807, 2.05) is 30.5 Å². The summed E-state index contributed by atoms with van der Waals surface area (Å²) in [5.41, 5.74) is 1.42. The van der Waals surface area contributed by atoms with Crippen molar-refractivity contribution < 1.29 is 4.79 Å². The molecule has 0 aliphatic carbocycles. The van der Waals surface area contributed by atoms with Crippen LogP contribution in [0.4, 0.5) is 0 Å². The maximum absolute atomic E-state index is 12.1. The minimum Gasteiger partial charge on any atom is -0.349 e. The molecule has 0 aromatic carbocycles. The van der Waals surface area contributed by atoms with Crippen LogP contribution in [0.15, 0.2) is 30.5 Å². The number of carbonyl (C=O) groups excluding carboxylic acids is 1. The summed E-state index contributed by atoms with van der Waals surface area (Å²) in [6, 6.07) is 7.60. The lowest BCUT2D eigenvalue weighted by Crippen LogP contribution is -2.37. The standard InChI is InChI=1S/C15H20N4O/c20-15(16-7-11-18-8-3-1-4-9-18)14-12-13-6-2-5-10-19(13)17-14/h2,5-6,10,12H,1,3-4,7-9,11H2,(H,16,20). The molecule has 106 valence electrons. The lowest BCUT2D eigenvalue weighted by atomic mass is 10.1. The van der Waals surface area contributed by atoms with E-state index in [4.69, 9.17) is 0 Å². The maximum Gasteiger partial charge on any atom is 0.271 e. The quantitative estimate of drug-likeness (QED) is 0.918. The normalized spacial score (nSPS) is 16.4. The van der Waals surface area contributed by atoms with Gasteiger partial charge in [0.25, 0.3) is 5.91 Å². The van der Waals surface area contributed by atoms with Crippen LogP contribution in [-0.4, -0.2) is 46.6 Å². The van der Waals surface area contributed by atoms with E-state index >= 15 is 0 Å². The zero-order valence-electron chi connectivity index (χ0n) is 11.6. The van der Waals surface area contributed by atoms with Crippen LogP contribution in [0.3, 0.4) is 0 Å². The van der Waals surface area contributed by atoms with Crippen LogP contribution in [0.25, 0.3) is 5.52 Å². The second-order valence-corrected chi connectivity index (χ2v) is 5.26. The number of carbonyl (C=O) groups is 1.